The zero-order chi connectivity index (χ0) is 17.0. The molecule has 1 N–H and O–H groups in total. The summed E-state index contributed by atoms with van der Waals surface area (Å²) in [5, 5.41) is 9.17. The highest BCUT2D eigenvalue weighted by Gasteiger charge is 2.54. The molecule has 0 saturated heterocycles. The van der Waals surface area contributed by atoms with Gasteiger partial charge in [-0.25, -0.2) is 8.98 Å². The summed E-state index contributed by atoms with van der Waals surface area (Å²) in [7, 11) is -6.00. The van der Waals surface area contributed by atoms with E-state index in [0.29, 0.717) is 5.56 Å². The molecule has 0 radical (unpaired) electrons. The Bertz CT molecular complexity index is 612. The summed E-state index contributed by atoms with van der Waals surface area (Å²) in [6, 6.07) is 8.38. The van der Waals surface area contributed by atoms with Gasteiger partial charge in [-0.2, -0.15) is 21.6 Å². The number of carboxylic acids is 1. The Labute approximate surface area is 125 Å². The van der Waals surface area contributed by atoms with E-state index in [1.54, 1.807) is 30.3 Å². The lowest BCUT2D eigenvalue weighted by Gasteiger charge is -2.28. The minimum Gasteiger partial charge on any atom is -0.479 e. The van der Waals surface area contributed by atoms with E-state index in [9.17, 15) is 31.5 Å². The second-order valence-electron chi connectivity index (χ2n) is 4.62. The van der Waals surface area contributed by atoms with Crippen LogP contribution >= 0.6 is 0 Å². The Hall–Kier alpha value is -1.61. The van der Waals surface area contributed by atoms with Crippen LogP contribution in [0.2, 0.25) is 0 Å². The van der Waals surface area contributed by atoms with Crippen LogP contribution in [0.4, 0.5) is 13.2 Å². The molecular weight excluding hydrogens is 325 g/mol. The van der Waals surface area contributed by atoms with Crippen LogP contribution in [0.5, 0.6) is 0 Å². The van der Waals surface area contributed by atoms with Crippen molar-refractivity contribution in [2.75, 3.05) is 0 Å². The molecule has 22 heavy (non-hydrogen) atoms. The molecule has 0 saturated carbocycles. The van der Waals surface area contributed by atoms with Gasteiger partial charge in [0.2, 0.25) is 0 Å². The molecule has 0 fully saturated rings. The highest BCUT2D eigenvalue weighted by Crippen LogP contribution is 2.33. The molecule has 5 nitrogen and oxygen atoms in total. The van der Waals surface area contributed by atoms with Gasteiger partial charge < -0.3 is 5.11 Å². The number of halogens is 3. The van der Waals surface area contributed by atoms with Crippen molar-refractivity contribution in [3.05, 3.63) is 35.9 Å². The molecule has 0 heterocycles. The van der Waals surface area contributed by atoms with E-state index in [1.807, 2.05) is 0 Å². The molecule has 1 atom stereocenters. The third-order valence-corrected chi connectivity index (χ3v) is 4.28. The lowest BCUT2D eigenvalue weighted by atomic mass is 9.92. The van der Waals surface area contributed by atoms with Crippen molar-refractivity contribution in [1.82, 2.24) is 0 Å². The van der Waals surface area contributed by atoms with E-state index >= 15 is 0 Å². The number of aryl methyl sites for hydroxylation is 1. The number of alkyl halides is 3. The van der Waals surface area contributed by atoms with Crippen molar-refractivity contribution in [2.24, 2.45) is 0 Å². The van der Waals surface area contributed by atoms with Gasteiger partial charge in [0.1, 0.15) is 0 Å². The molecule has 9 heteroatoms. The Morgan fingerprint density at radius 2 is 1.77 bits per heavy atom. The minimum atomic E-state index is -6.00. The zero-order valence-corrected chi connectivity index (χ0v) is 12.4. The molecule has 0 aliphatic heterocycles. The second kappa shape index (κ2) is 6.66. The van der Waals surface area contributed by atoms with E-state index in [1.165, 1.54) is 6.92 Å². The monoisotopic (exact) mass is 340 g/mol. The van der Waals surface area contributed by atoms with Gasteiger partial charge in [0.05, 0.1) is 0 Å². The maximum atomic E-state index is 12.4. The molecule has 124 valence electrons. The van der Waals surface area contributed by atoms with Gasteiger partial charge in [-0.3, -0.25) is 0 Å². The van der Waals surface area contributed by atoms with Gasteiger partial charge >= 0.3 is 21.6 Å². The standard InChI is InChI=1S/C13H15F3O5S/c1-2-12(11(17)18,21-22(19,20)13(14,15)16)9-8-10-6-4-3-5-7-10/h3-7H,2,8-9H2,1H3,(H,17,18)/t12-/m1/s1. The second-order valence-corrected chi connectivity index (χ2v) is 6.16. The van der Waals surface area contributed by atoms with Gasteiger partial charge in [0, 0.05) is 0 Å². The van der Waals surface area contributed by atoms with Gasteiger partial charge in [-0.05, 0) is 24.8 Å². The summed E-state index contributed by atoms with van der Waals surface area (Å²) in [6.07, 6.45) is -0.767. The number of rotatable bonds is 7. The van der Waals surface area contributed by atoms with E-state index < -0.39 is 40.0 Å². The van der Waals surface area contributed by atoms with Crippen molar-refractivity contribution in [2.45, 2.75) is 37.3 Å². The van der Waals surface area contributed by atoms with Crippen LogP contribution in [-0.2, 0) is 25.5 Å². The van der Waals surface area contributed by atoms with Crippen molar-refractivity contribution in [3.63, 3.8) is 0 Å². The van der Waals surface area contributed by atoms with E-state index in [-0.39, 0.29) is 6.42 Å². The summed E-state index contributed by atoms with van der Waals surface area (Å²) in [5.41, 5.74) is -7.46. The molecule has 1 rings (SSSR count). The zero-order valence-electron chi connectivity index (χ0n) is 11.6. The summed E-state index contributed by atoms with van der Waals surface area (Å²) in [6.45, 7) is 1.25. The lowest BCUT2D eigenvalue weighted by molar-refractivity contribution is -0.157. The largest absolute Gasteiger partial charge is 0.523 e. The Morgan fingerprint density at radius 1 is 1.23 bits per heavy atom. The van der Waals surface area contributed by atoms with Gasteiger partial charge in [-0.15, -0.1) is 0 Å². The Balaban J connectivity index is 3.03. The first-order valence-corrected chi connectivity index (χ1v) is 7.74. The number of aliphatic carboxylic acids is 1. The van der Waals surface area contributed by atoms with E-state index in [0.717, 1.165) is 0 Å². The number of carboxylic acid groups (broad SMARTS) is 1. The molecule has 0 aliphatic carbocycles. The third-order valence-electron chi connectivity index (χ3n) is 3.17. The van der Waals surface area contributed by atoms with Crippen LogP contribution < -0.4 is 0 Å². The van der Waals surface area contributed by atoms with Crippen molar-refractivity contribution in [1.29, 1.82) is 0 Å². The number of carbonyl (C=O) groups is 1. The maximum Gasteiger partial charge on any atom is 0.523 e. The average Bonchev–Trinajstić information content (AvgIpc) is 2.43. The lowest BCUT2D eigenvalue weighted by Crippen LogP contribution is -2.46. The molecule has 0 aliphatic rings. The third kappa shape index (κ3) is 4.20. The fourth-order valence-corrected chi connectivity index (χ4v) is 2.61. The van der Waals surface area contributed by atoms with Crippen molar-refractivity contribution >= 4 is 16.1 Å². The van der Waals surface area contributed by atoms with Crippen LogP contribution in [0.3, 0.4) is 0 Å². The van der Waals surface area contributed by atoms with Crippen LogP contribution in [0.25, 0.3) is 0 Å². The number of hydrogen-bond donors (Lipinski definition) is 1. The molecule has 0 aromatic heterocycles. The first-order valence-electron chi connectivity index (χ1n) is 6.33. The molecule has 0 amide bonds. The van der Waals surface area contributed by atoms with Crippen LogP contribution in [0, 0.1) is 0 Å². The van der Waals surface area contributed by atoms with Crippen LogP contribution in [-0.4, -0.2) is 30.6 Å². The topological polar surface area (TPSA) is 80.7 Å². The molecule has 1 aromatic carbocycles. The Kier molecular flexibility index (Phi) is 5.58. The average molecular weight is 340 g/mol. The van der Waals surface area contributed by atoms with Crippen LogP contribution in [0.15, 0.2) is 30.3 Å². The van der Waals surface area contributed by atoms with Crippen molar-refractivity contribution < 1.29 is 35.7 Å². The molecular formula is C13H15F3O5S. The minimum absolute atomic E-state index is 0.0638. The summed E-state index contributed by atoms with van der Waals surface area (Å²) >= 11 is 0. The molecule has 0 unspecified atom stereocenters. The summed E-state index contributed by atoms with van der Waals surface area (Å²) in [5.74, 6) is -1.75. The van der Waals surface area contributed by atoms with Crippen molar-refractivity contribution in [3.8, 4) is 0 Å². The first-order chi connectivity index (χ1) is 10.0. The fourth-order valence-electron chi connectivity index (χ4n) is 1.82. The highest BCUT2D eigenvalue weighted by atomic mass is 32.2. The summed E-state index contributed by atoms with van der Waals surface area (Å²) in [4.78, 5) is 11.3. The summed E-state index contributed by atoms with van der Waals surface area (Å²) < 4.78 is 63.6. The van der Waals surface area contributed by atoms with E-state index in [2.05, 4.69) is 4.18 Å². The molecule has 1 aromatic rings. The van der Waals surface area contributed by atoms with E-state index in [4.69, 9.17) is 0 Å². The predicted octanol–water partition coefficient (Wildman–Crippen LogP) is 2.72. The number of hydrogen-bond acceptors (Lipinski definition) is 4. The smallest absolute Gasteiger partial charge is 0.479 e. The first kappa shape index (κ1) is 18.4. The van der Waals surface area contributed by atoms with Gasteiger partial charge in [-0.1, -0.05) is 37.3 Å². The Morgan fingerprint density at radius 3 is 2.18 bits per heavy atom. The van der Waals surface area contributed by atoms with Gasteiger partial charge in [0.25, 0.3) is 0 Å². The van der Waals surface area contributed by atoms with Gasteiger partial charge in [0.15, 0.2) is 5.60 Å². The van der Waals surface area contributed by atoms with Crippen LogP contribution in [0.1, 0.15) is 25.3 Å². The molecule has 0 spiro atoms. The SMILES string of the molecule is CC[C@](CCc1ccccc1)(OS(=O)(=O)C(F)(F)F)C(=O)O. The predicted molar refractivity (Wildman–Crippen MR) is 71.5 cm³/mol. The number of benzene rings is 1. The highest BCUT2D eigenvalue weighted by molar-refractivity contribution is 7.87. The maximum absolute atomic E-state index is 12.4. The molecule has 0 bridgehead atoms. The fraction of sp³-hybridized carbons (Fsp3) is 0.462. The normalized spacial score (nSPS) is 15.3. The quantitative estimate of drug-likeness (QED) is 0.610.